The lowest BCUT2D eigenvalue weighted by atomic mass is 10.1. The number of benzene rings is 1. The third-order valence-corrected chi connectivity index (χ3v) is 3.54. The molecule has 3 N–H and O–H groups in total. The van der Waals surface area contributed by atoms with Crippen molar-refractivity contribution in [3.05, 3.63) is 57.4 Å². The summed E-state index contributed by atoms with van der Waals surface area (Å²) in [4.78, 5) is 12.5. The van der Waals surface area contributed by atoms with Gasteiger partial charge in [0.05, 0.1) is 11.9 Å². The Morgan fingerprint density at radius 1 is 1.38 bits per heavy atom. The molecule has 0 atom stereocenters. The Morgan fingerprint density at radius 3 is 2.76 bits per heavy atom. The van der Waals surface area contributed by atoms with Crippen molar-refractivity contribution in [1.29, 1.82) is 5.26 Å². The molecule has 3 rings (SSSR count). The number of fused-ring (bicyclic) bond motifs is 1. The molecule has 0 spiro atoms. The molecule has 0 aliphatic rings. The Hall–Kier alpha value is -3.07. The van der Waals surface area contributed by atoms with Crippen LogP contribution in [0.5, 0.6) is 0 Å². The van der Waals surface area contributed by atoms with Crippen molar-refractivity contribution in [1.82, 2.24) is 14.8 Å². The molecular weight excluding hydrogens is 266 g/mol. The standard InChI is InChI=1S/C15H13N5O/c1-9-11(7-16)15(21)20(8-10-5-3-2-4-6-10)14-12(9)13(17)18-19-14/h2-6H,8H2,1H3,(H3,17,18,19). The number of nitrogens with two attached hydrogens (primary N) is 1. The number of aryl methyl sites for hydroxylation is 1. The minimum Gasteiger partial charge on any atom is -0.384 e. The van der Waals surface area contributed by atoms with Crippen LogP contribution in [-0.2, 0) is 6.54 Å². The summed E-state index contributed by atoms with van der Waals surface area (Å²) in [5, 5.41) is 16.7. The molecule has 0 saturated heterocycles. The van der Waals surface area contributed by atoms with Crippen LogP contribution in [0, 0.1) is 18.3 Å². The SMILES string of the molecule is Cc1c(C#N)c(=O)n(Cc2ccccc2)c2n[nH]c(N)c12. The number of anilines is 1. The zero-order valence-electron chi connectivity index (χ0n) is 11.4. The fraction of sp³-hybridized carbons (Fsp3) is 0.133. The summed E-state index contributed by atoms with van der Waals surface area (Å²) < 4.78 is 1.48. The summed E-state index contributed by atoms with van der Waals surface area (Å²) in [5.41, 5.74) is 7.61. The van der Waals surface area contributed by atoms with Gasteiger partial charge in [-0.3, -0.25) is 14.5 Å². The predicted molar refractivity (Wildman–Crippen MR) is 79.8 cm³/mol. The van der Waals surface area contributed by atoms with Crippen LogP contribution in [0.15, 0.2) is 35.1 Å². The van der Waals surface area contributed by atoms with Crippen molar-refractivity contribution < 1.29 is 0 Å². The molecule has 0 saturated carbocycles. The molecule has 6 nitrogen and oxygen atoms in total. The second kappa shape index (κ2) is 4.80. The van der Waals surface area contributed by atoms with Gasteiger partial charge in [-0.1, -0.05) is 30.3 Å². The lowest BCUT2D eigenvalue weighted by Gasteiger charge is -2.09. The number of H-pyrrole nitrogens is 1. The minimum atomic E-state index is -0.349. The number of aromatic amines is 1. The van der Waals surface area contributed by atoms with Gasteiger partial charge < -0.3 is 5.73 Å². The maximum Gasteiger partial charge on any atom is 0.270 e. The average molecular weight is 279 g/mol. The van der Waals surface area contributed by atoms with Crippen molar-refractivity contribution in [2.45, 2.75) is 13.5 Å². The van der Waals surface area contributed by atoms with Crippen LogP contribution in [0.1, 0.15) is 16.7 Å². The van der Waals surface area contributed by atoms with Gasteiger partial charge in [-0.15, -0.1) is 0 Å². The fourth-order valence-electron chi connectivity index (χ4n) is 2.47. The van der Waals surface area contributed by atoms with Crippen LogP contribution in [0.2, 0.25) is 0 Å². The summed E-state index contributed by atoms with van der Waals surface area (Å²) in [6.07, 6.45) is 0. The van der Waals surface area contributed by atoms with E-state index in [0.29, 0.717) is 29.0 Å². The van der Waals surface area contributed by atoms with Crippen molar-refractivity contribution in [3.8, 4) is 6.07 Å². The van der Waals surface area contributed by atoms with E-state index in [1.54, 1.807) is 6.92 Å². The molecule has 0 aliphatic heterocycles. The van der Waals surface area contributed by atoms with E-state index in [9.17, 15) is 10.1 Å². The molecule has 2 heterocycles. The summed E-state index contributed by atoms with van der Waals surface area (Å²) in [7, 11) is 0. The predicted octanol–water partition coefficient (Wildman–Crippen LogP) is 1.54. The number of hydrogen-bond acceptors (Lipinski definition) is 4. The van der Waals surface area contributed by atoms with Gasteiger partial charge in [-0.2, -0.15) is 10.4 Å². The van der Waals surface area contributed by atoms with Gasteiger partial charge in [0.25, 0.3) is 5.56 Å². The first-order valence-corrected chi connectivity index (χ1v) is 6.44. The van der Waals surface area contributed by atoms with E-state index in [0.717, 1.165) is 5.56 Å². The Morgan fingerprint density at radius 2 is 2.10 bits per heavy atom. The van der Waals surface area contributed by atoms with Gasteiger partial charge in [0.2, 0.25) is 0 Å². The van der Waals surface area contributed by atoms with Crippen LogP contribution >= 0.6 is 0 Å². The van der Waals surface area contributed by atoms with Gasteiger partial charge >= 0.3 is 0 Å². The maximum atomic E-state index is 12.5. The van der Waals surface area contributed by atoms with E-state index >= 15 is 0 Å². The molecule has 0 amide bonds. The van der Waals surface area contributed by atoms with Crippen LogP contribution in [0.25, 0.3) is 11.0 Å². The molecule has 0 unspecified atom stereocenters. The van der Waals surface area contributed by atoms with Gasteiger partial charge in [0, 0.05) is 0 Å². The first-order chi connectivity index (χ1) is 10.1. The second-order valence-electron chi connectivity index (χ2n) is 4.82. The highest BCUT2D eigenvalue weighted by Gasteiger charge is 2.18. The third kappa shape index (κ3) is 1.96. The van der Waals surface area contributed by atoms with Crippen LogP contribution < -0.4 is 11.3 Å². The molecule has 21 heavy (non-hydrogen) atoms. The van der Waals surface area contributed by atoms with Gasteiger partial charge in [0.1, 0.15) is 17.5 Å². The van der Waals surface area contributed by atoms with E-state index in [1.807, 2.05) is 36.4 Å². The molecule has 104 valence electrons. The van der Waals surface area contributed by atoms with E-state index in [-0.39, 0.29) is 11.1 Å². The molecule has 0 aliphatic carbocycles. The Kier molecular flexibility index (Phi) is 2.95. The van der Waals surface area contributed by atoms with Crippen molar-refractivity contribution >= 4 is 16.9 Å². The van der Waals surface area contributed by atoms with Crippen LogP contribution in [-0.4, -0.2) is 14.8 Å². The highest BCUT2D eigenvalue weighted by molar-refractivity contribution is 5.90. The Labute approximate surface area is 120 Å². The molecule has 2 aromatic heterocycles. The second-order valence-corrected chi connectivity index (χ2v) is 4.82. The molecule has 6 heteroatoms. The molecule has 0 radical (unpaired) electrons. The number of rotatable bonds is 2. The fourth-order valence-corrected chi connectivity index (χ4v) is 2.47. The summed E-state index contributed by atoms with van der Waals surface area (Å²) >= 11 is 0. The number of pyridine rings is 1. The molecule has 3 aromatic rings. The first kappa shape index (κ1) is 12.9. The normalized spacial score (nSPS) is 10.7. The average Bonchev–Trinajstić information content (AvgIpc) is 2.87. The van der Waals surface area contributed by atoms with Crippen LogP contribution in [0.4, 0.5) is 5.82 Å². The topological polar surface area (TPSA) is 100 Å². The minimum absolute atomic E-state index is 0.103. The Bertz CT molecular complexity index is 915. The Balaban J connectivity index is 2.32. The highest BCUT2D eigenvalue weighted by Crippen LogP contribution is 2.23. The summed E-state index contributed by atoms with van der Waals surface area (Å²) in [6.45, 7) is 2.05. The maximum absolute atomic E-state index is 12.5. The van der Waals surface area contributed by atoms with Gasteiger partial charge in [-0.05, 0) is 18.1 Å². The van der Waals surface area contributed by atoms with Crippen molar-refractivity contribution in [2.75, 3.05) is 5.73 Å². The number of nitrogens with zero attached hydrogens (tertiary/aromatic N) is 3. The van der Waals surface area contributed by atoms with E-state index in [2.05, 4.69) is 10.2 Å². The number of aromatic nitrogens is 3. The molecular formula is C15H13N5O. The van der Waals surface area contributed by atoms with E-state index in [1.165, 1.54) is 4.57 Å². The largest absolute Gasteiger partial charge is 0.384 e. The van der Waals surface area contributed by atoms with Crippen molar-refractivity contribution in [2.24, 2.45) is 0 Å². The zero-order valence-corrected chi connectivity index (χ0v) is 11.4. The first-order valence-electron chi connectivity index (χ1n) is 6.44. The molecule has 0 fully saturated rings. The quantitative estimate of drug-likeness (QED) is 0.742. The zero-order chi connectivity index (χ0) is 15.0. The number of nitrogen functional groups attached to an aromatic ring is 1. The number of nitrogens with one attached hydrogen (secondary N) is 1. The monoisotopic (exact) mass is 279 g/mol. The highest BCUT2D eigenvalue weighted by atomic mass is 16.1. The lowest BCUT2D eigenvalue weighted by Crippen LogP contribution is -2.25. The molecule has 0 bridgehead atoms. The lowest BCUT2D eigenvalue weighted by molar-refractivity contribution is 0.775. The third-order valence-electron chi connectivity index (χ3n) is 3.54. The summed E-state index contributed by atoms with van der Waals surface area (Å²) in [5.74, 6) is 0.362. The van der Waals surface area contributed by atoms with E-state index < -0.39 is 0 Å². The van der Waals surface area contributed by atoms with Crippen LogP contribution in [0.3, 0.4) is 0 Å². The van der Waals surface area contributed by atoms with Gasteiger partial charge in [0.15, 0.2) is 5.65 Å². The number of hydrogen-bond donors (Lipinski definition) is 2. The summed E-state index contributed by atoms with van der Waals surface area (Å²) in [6, 6.07) is 11.5. The molecule has 1 aromatic carbocycles. The number of nitriles is 1. The van der Waals surface area contributed by atoms with E-state index in [4.69, 9.17) is 5.73 Å². The van der Waals surface area contributed by atoms with Gasteiger partial charge in [-0.25, -0.2) is 0 Å². The smallest absolute Gasteiger partial charge is 0.270 e. The van der Waals surface area contributed by atoms with Crippen molar-refractivity contribution in [3.63, 3.8) is 0 Å².